The molecule has 0 aliphatic heterocycles. The van der Waals surface area contributed by atoms with E-state index in [1.54, 1.807) is 0 Å². The van der Waals surface area contributed by atoms with Crippen molar-refractivity contribution >= 4 is 66.4 Å². The molecule has 0 bridgehead atoms. The van der Waals surface area contributed by atoms with Crippen LogP contribution in [0.5, 0.6) is 0 Å². The molecule has 47 heavy (non-hydrogen) atoms. The predicted octanol–water partition coefficient (Wildman–Crippen LogP) is 11.2. The van der Waals surface area contributed by atoms with Gasteiger partial charge in [0.2, 0.25) is 0 Å². The van der Waals surface area contributed by atoms with Crippen LogP contribution in [0.1, 0.15) is 0 Å². The van der Waals surface area contributed by atoms with Gasteiger partial charge in [-0.3, -0.25) is 0 Å². The molecule has 3 aromatic heterocycles. The molecule has 220 valence electrons. The van der Waals surface area contributed by atoms with Crippen LogP contribution in [-0.2, 0) is 0 Å². The van der Waals surface area contributed by atoms with E-state index < -0.39 is 0 Å². The van der Waals surface area contributed by atoms with Gasteiger partial charge in [-0.1, -0.05) is 109 Å². The van der Waals surface area contributed by atoms with Crippen molar-refractivity contribution in [3.63, 3.8) is 0 Å². The Kier molecular flexibility index (Phi) is 5.71. The number of rotatable bonds is 4. The molecule has 10 rings (SSSR count). The van der Waals surface area contributed by atoms with Crippen molar-refractivity contribution in [2.45, 2.75) is 0 Å². The summed E-state index contributed by atoms with van der Waals surface area (Å²) in [5, 5.41) is 4.95. The molecule has 4 nitrogen and oxygen atoms in total. The molecule has 0 amide bonds. The molecule has 0 N–H and O–H groups in total. The molecule has 0 aliphatic rings. The summed E-state index contributed by atoms with van der Waals surface area (Å²) in [6.45, 7) is 0. The van der Waals surface area contributed by atoms with Crippen LogP contribution in [0.15, 0.2) is 158 Å². The summed E-state index contributed by atoms with van der Waals surface area (Å²) in [5.74, 6) is 0. The SMILES string of the molecule is c1ccc(-n2c3ccccc3c3cc(-c4ccc(-c5ccccc5-n5c6ccccc6c6ccccc65)c5nsnc45)ccc32)cc1. The number of nitrogens with zero attached hydrogens (tertiary/aromatic N) is 4. The molecule has 0 atom stereocenters. The van der Waals surface area contributed by atoms with Crippen LogP contribution >= 0.6 is 11.7 Å². The van der Waals surface area contributed by atoms with Crippen LogP contribution < -0.4 is 0 Å². The zero-order valence-corrected chi connectivity index (χ0v) is 26.0. The third-order valence-corrected chi connectivity index (χ3v) is 9.96. The summed E-state index contributed by atoms with van der Waals surface area (Å²) in [6.07, 6.45) is 0. The lowest BCUT2D eigenvalue weighted by Crippen LogP contribution is -1.97. The van der Waals surface area contributed by atoms with Crippen molar-refractivity contribution in [3.8, 4) is 33.6 Å². The fourth-order valence-corrected chi connectivity index (χ4v) is 7.96. The van der Waals surface area contributed by atoms with E-state index >= 15 is 0 Å². The van der Waals surface area contributed by atoms with Crippen LogP contribution in [0.4, 0.5) is 0 Å². The smallest absolute Gasteiger partial charge is 0.113 e. The third kappa shape index (κ3) is 3.87. The minimum atomic E-state index is 0.924. The van der Waals surface area contributed by atoms with Gasteiger partial charge in [-0.05, 0) is 54.1 Å². The first-order valence-electron chi connectivity index (χ1n) is 15.8. The van der Waals surface area contributed by atoms with Crippen LogP contribution in [0, 0.1) is 0 Å². The maximum Gasteiger partial charge on any atom is 0.113 e. The first-order valence-corrected chi connectivity index (χ1v) is 16.5. The highest BCUT2D eigenvalue weighted by Gasteiger charge is 2.20. The van der Waals surface area contributed by atoms with Crippen LogP contribution in [-0.4, -0.2) is 17.9 Å². The Labute approximate surface area is 274 Å². The van der Waals surface area contributed by atoms with Crippen molar-refractivity contribution in [2.24, 2.45) is 0 Å². The molecule has 0 aliphatic carbocycles. The van der Waals surface area contributed by atoms with Crippen molar-refractivity contribution in [2.75, 3.05) is 0 Å². The molecule has 10 aromatic rings. The zero-order valence-electron chi connectivity index (χ0n) is 25.2. The first-order chi connectivity index (χ1) is 23.3. The summed E-state index contributed by atoms with van der Waals surface area (Å²) < 4.78 is 14.5. The van der Waals surface area contributed by atoms with E-state index in [0.717, 1.165) is 44.7 Å². The van der Waals surface area contributed by atoms with Gasteiger partial charge < -0.3 is 9.13 Å². The van der Waals surface area contributed by atoms with Gasteiger partial charge in [-0.2, -0.15) is 8.75 Å². The Morgan fingerprint density at radius 3 is 1.64 bits per heavy atom. The second kappa shape index (κ2) is 10.2. The van der Waals surface area contributed by atoms with Crippen molar-refractivity contribution in [1.82, 2.24) is 17.9 Å². The zero-order chi connectivity index (χ0) is 30.9. The van der Waals surface area contributed by atoms with Crippen LogP contribution in [0.3, 0.4) is 0 Å². The molecule has 0 fully saturated rings. The molecule has 0 radical (unpaired) electrons. The van der Waals surface area contributed by atoms with Gasteiger partial charge in [0.05, 0.1) is 39.5 Å². The van der Waals surface area contributed by atoms with E-state index in [-0.39, 0.29) is 0 Å². The second-order valence-electron chi connectivity index (χ2n) is 11.9. The monoisotopic (exact) mass is 618 g/mol. The summed E-state index contributed by atoms with van der Waals surface area (Å²) in [5.41, 5.74) is 13.3. The minimum Gasteiger partial charge on any atom is -0.309 e. The van der Waals surface area contributed by atoms with E-state index in [4.69, 9.17) is 8.75 Å². The molecule has 0 saturated heterocycles. The number of para-hydroxylation sites is 5. The minimum absolute atomic E-state index is 0.924. The standard InChI is InChI=1S/C42H26N4S/c1-2-12-28(13-3-1)45-36-18-8-7-17-33(36)35-26-27(22-25-40(35)45)29-23-24-34(42-41(29)43-47-44-42)32-16-6-11-21-39(32)46-37-19-9-4-14-30(37)31-15-5-10-20-38(31)46/h1-26H. The van der Waals surface area contributed by atoms with Gasteiger partial charge in [0.1, 0.15) is 11.0 Å². The lowest BCUT2D eigenvalue weighted by atomic mass is 9.96. The highest BCUT2D eigenvalue weighted by Crippen LogP contribution is 2.41. The molecule has 0 unspecified atom stereocenters. The normalized spacial score (nSPS) is 11.8. The average molecular weight is 619 g/mol. The first kappa shape index (κ1) is 26.2. The van der Waals surface area contributed by atoms with Gasteiger partial charge in [-0.25, -0.2) is 0 Å². The van der Waals surface area contributed by atoms with Crippen molar-refractivity contribution in [1.29, 1.82) is 0 Å². The molecule has 7 aromatic carbocycles. The third-order valence-electron chi connectivity index (χ3n) is 9.43. The van der Waals surface area contributed by atoms with Crippen molar-refractivity contribution < 1.29 is 0 Å². The van der Waals surface area contributed by atoms with E-state index in [2.05, 4.69) is 167 Å². The Balaban J connectivity index is 1.17. The average Bonchev–Trinajstić information content (AvgIpc) is 3.85. The summed E-state index contributed by atoms with van der Waals surface area (Å²) in [7, 11) is 0. The summed E-state index contributed by atoms with van der Waals surface area (Å²) >= 11 is 1.28. The molecular weight excluding hydrogens is 593 g/mol. The maximum atomic E-state index is 4.90. The van der Waals surface area contributed by atoms with E-state index in [1.165, 1.54) is 55.3 Å². The lowest BCUT2D eigenvalue weighted by Gasteiger charge is -2.15. The molecule has 0 saturated carbocycles. The fraction of sp³-hybridized carbons (Fsp3) is 0. The molecule has 3 heterocycles. The van der Waals surface area contributed by atoms with E-state index in [0.29, 0.717) is 0 Å². The van der Waals surface area contributed by atoms with Gasteiger partial charge in [-0.15, -0.1) is 0 Å². The van der Waals surface area contributed by atoms with Crippen LogP contribution in [0.25, 0.3) is 88.3 Å². The summed E-state index contributed by atoms with van der Waals surface area (Å²) in [4.78, 5) is 0. The quantitative estimate of drug-likeness (QED) is 0.197. The number of fused-ring (bicyclic) bond motifs is 7. The van der Waals surface area contributed by atoms with E-state index in [1.807, 2.05) is 0 Å². The van der Waals surface area contributed by atoms with Gasteiger partial charge in [0.25, 0.3) is 0 Å². The highest BCUT2D eigenvalue weighted by atomic mass is 32.1. The Bertz CT molecular complexity index is 2750. The number of hydrogen-bond donors (Lipinski definition) is 0. The Morgan fingerprint density at radius 1 is 0.383 bits per heavy atom. The van der Waals surface area contributed by atoms with Gasteiger partial charge in [0.15, 0.2) is 0 Å². The van der Waals surface area contributed by atoms with Gasteiger partial charge in [0, 0.05) is 43.9 Å². The van der Waals surface area contributed by atoms with Crippen molar-refractivity contribution in [3.05, 3.63) is 158 Å². The predicted molar refractivity (Wildman–Crippen MR) is 197 cm³/mol. The fourth-order valence-electron chi connectivity index (χ4n) is 7.39. The Hall–Kier alpha value is -6.04. The second-order valence-corrected chi connectivity index (χ2v) is 12.5. The highest BCUT2D eigenvalue weighted by molar-refractivity contribution is 7.00. The van der Waals surface area contributed by atoms with Gasteiger partial charge >= 0.3 is 0 Å². The van der Waals surface area contributed by atoms with E-state index in [9.17, 15) is 0 Å². The largest absolute Gasteiger partial charge is 0.309 e. The number of benzene rings is 7. The molecule has 5 heteroatoms. The maximum absolute atomic E-state index is 4.90. The molecule has 0 spiro atoms. The van der Waals surface area contributed by atoms with Crippen LogP contribution in [0.2, 0.25) is 0 Å². The number of hydrogen-bond acceptors (Lipinski definition) is 3. The lowest BCUT2D eigenvalue weighted by molar-refractivity contribution is 1.18. The Morgan fingerprint density at radius 2 is 0.915 bits per heavy atom. The molecular formula is C42H26N4S. The topological polar surface area (TPSA) is 35.6 Å². The summed E-state index contributed by atoms with van der Waals surface area (Å²) in [6, 6.07) is 56.4. The number of aromatic nitrogens is 4.